The Balaban J connectivity index is 1.67. The van der Waals surface area contributed by atoms with Crippen LogP contribution in [0.4, 0.5) is 8.78 Å². The van der Waals surface area contributed by atoms with Crippen molar-refractivity contribution >= 4 is 27.6 Å². The molecule has 0 aromatic heterocycles. The van der Waals surface area contributed by atoms with E-state index in [1.54, 1.807) is 30.0 Å². The van der Waals surface area contributed by atoms with Crippen LogP contribution in [0.1, 0.15) is 34.1 Å². The standard InChI is InChI=1S/C22H22BrF2NO5/c1-3-20(27)13-8-18(24)21(19(25)9-13)31-12-15-11-26(6-7-30-15)22(28)16-10-14(29-2)4-5-17(16)23/h4-5,8-10,15H,3,6-7,11-12H2,1-2H3. The van der Waals surface area contributed by atoms with Gasteiger partial charge in [-0.25, -0.2) is 8.78 Å². The van der Waals surface area contributed by atoms with Crippen LogP contribution in [-0.2, 0) is 4.74 Å². The molecule has 0 N–H and O–H groups in total. The molecule has 1 aliphatic heterocycles. The van der Waals surface area contributed by atoms with Crippen LogP contribution < -0.4 is 9.47 Å². The minimum atomic E-state index is -0.958. The number of ketones is 1. The Labute approximate surface area is 187 Å². The summed E-state index contributed by atoms with van der Waals surface area (Å²) in [4.78, 5) is 26.2. The molecule has 1 saturated heterocycles. The van der Waals surface area contributed by atoms with Crippen molar-refractivity contribution in [1.29, 1.82) is 0 Å². The maximum Gasteiger partial charge on any atom is 0.255 e. The van der Waals surface area contributed by atoms with Crippen molar-refractivity contribution in [1.82, 2.24) is 4.90 Å². The third-order valence-electron chi connectivity index (χ3n) is 4.88. The lowest BCUT2D eigenvalue weighted by Crippen LogP contribution is -2.47. The van der Waals surface area contributed by atoms with Gasteiger partial charge in [-0.2, -0.15) is 0 Å². The molecule has 1 fully saturated rings. The summed E-state index contributed by atoms with van der Waals surface area (Å²) >= 11 is 3.37. The Kier molecular flexibility index (Phi) is 7.61. The SMILES string of the molecule is CCC(=O)c1cc(F)c(OCC2CN(C(=O)c3cc(OC)ccc3Br)CCO2)c(F)c1. The first-order valence-corrected chi connectivity index (χ1v) is 10.5. The summed E-state index contributed by atoms with van der Waals surface area (Å²) in [5.74, 6) is -2.52. The molecule has 1 heterocycles. The quantitative estimate of drug-likeness (QED) is 0.535. The molecule has 3 rings (SSSR count). The number of halogens is 3. The van der Waals surface area contributed by atoms with E-state index >= 15 is 0 Å². The molecular weight excluding hydrogens is 476 g/mol. The Morgan fingerprint density at radius 1 is 1.23 bits per heavy atom. The van der Waals surface area contributed by atoms with Crippen LogP contribution in [0.15, 0.2) is 34.8 Å². The summed E-state index contributed by atoms with van der Waals surface area (Å²) in [5, 5.41) is 0. The number of methoxy groups -OCH3 is 1. The smallest absolute Gasteiger partial charge is 0.255 e. The lowest BCUT2D eigenvalue weighted by molar-refractivity contribution is -0.0411. The van der Waals surface area contributed by atoms with Crippen molar-refractivity contribution in [2.45, 2.75) is 19.4 Å². The number of nitrogens with zero attached hydrogens (tertiary/aromatic N) is 1. The highest BCUT2D eigenvalue weighted by Crippen LogP contribution is 2.26. The minimum absolute atomic E-state index is 0.0422. The Morgan fingerprint density at radius 3 is 2.58 bits per heavy atom. The summed E-state index contributed by atoms with van der Waals surface area (Å²) in [6.07, 6.45) is -0.430. The summed E-state index contributed by atoms with van der Waals surface area (Å²) in [6.45, 7) is 2.28. The van der Waals surface area contributed by atoms with Gasteiger partial charge in [0.1, 0.15) is 18.5 Å². The average molecular weight is 498 g/mol. The largest absolute Gasteiger partial charge is 0.497 e. The highest BCUT2D eigenvalue weighted by Gasteiger charge is 2.28. The highest BCUT2D eigenvalue weighted by atomic mass is 79.9. The predicted octanol–water partition coefficient (Wildman–Crippen LogP) is 4.25. The first-order chi connectivity index (χ1) is 14.8. The number of Topliss-reactive ketones (excluding diaryl/α,β-unsaturated/α-hetero) is 1. The van der Waals surface area contributed by atoms with Gasteiger partial charge in [-0.3, -0.25) is 9.59 Å². The molecule has 0 bridgehead atoms. The first-order valence-electron chi connectivity index (χ1n) is 9.73. The molecule has 166 valence electrons. The minimum Gasteiger partial charge on any atom is -0.497 e. The molecule has 1 unspecified atom stereocenters. The normalized spacial score (nSPS) is 16.2. The van der Waals surface area contributed by atoms with Crippen LogP contribution in [-0.4, -0.2) is 56.1 Å². The third kappa shape index (κ3) is 5.40. The van der Waals surface area contributed by atoms with Crippen molar-refractivity contribution in [2.24, 2.45) is 0 Å². The molecule has 2 aromatic carbocycles. The molecule has 1 atom stereocenters. The molecule has 6 nitrogen and oxygen atoms in total. The first kappa shape index (κ1) is 23.1. The molecule has 0 saturated carbocycles. The lowest BCUT2D eigenvalue weighted by atomic mass is 10.1. The number of hydrogen-bond donors (Lipinski definition) is 0. The molecule has 0 radical (unpaired) electrons. The van der Waals surface area contributed by atoms with Crippen molar-refractivity contribution < 1.29 is 32.6 Å². The van der Waals surface area contributed by atoms with Gasteiger partial charge in [-0.1, -0.05) is 6.92 Å². The van der Waals surface area contributed by atoms with E-state index in [2.05, 4.69) is 15.9 Å². The fourth-order valence-electron chi connectivity index (χ4n) is 3.21. The number of carbonyl (C=O) groups excluding carboxylic acids is 2. The van der Waals surface area contributed by atoms with Crippen molar-refractivity contribution in [3.63, 3.8) is 0 Å². The van der Waals surface area contributed by atoms with Gasteiger partial charge < -0.3 is 19.1 Å². The van der Waals surface area contributed by atoms with Crippen molar-refractivity contribution in [3.05, 3.63) is 57.6 Å². The van der Waals surface area contributed by atoms with Crippen LogP contribution >= 0.6 is 15.9 Å². The van der Waals surface area contributed by atoms with E-state index in [1.807, 2.05) is 0 Å². The molecule has 1 aliphatic rings. The number of morpholine rings is 1. The zero-order valence-corrected chi connectivity index (χ0v) is 18.7. The van der Waals surface area contributed by atoms with Gasteiger partial charge in [0.25, 0.3) is 5.91 Å². The zero-order chi connectivity index (χ0) is 22.5. The van der Waals surface area contributed by atoms with E-state index in [-0.39, 0.29) is 43.4 Å². The Bertz CT molecular complexity index is 961. The number of ether oxygens (including phenoxy) is 3. The molecule has 1 amide bonds. The number of rotatable bonds is 7. The van der Waals surface area contributed by atoms with Gasteiger partial charge in [-0.15, -0.1) is 0 Å². The van der Waals surface area contributed by atoms with Gasteiger partial charge in [0.2, 0.25) is 0 Å². The second kappa shape index (κ2) is 10.2. The average Bonchev–Trinajstić information content (AvgIpc) is 2.78. The monoisotopic (exact) mass is 497 g/mol. The van der Waals surface area contributed by atoms with Gasteiger partial charge in [0, 0.05) is 23.0 Å². The predicted molar refractivity (Wildman–Crippen MR) is 113 cm³/mol. The molecule has 2 aromatic rings. The van der Waals surface area contributed by atoms with E-state index in [1.165, 1.54) is 7.11 Å². The Hall–Kier alpha value is -2.52. The van der Waals surface area contributed by atoms with E-state index in [9.17, 15) is 18.4 Å². The van der Waals surface area contributed by atoms with Crippen LogP contribution in [0.2, 0.25) is 0 Å². The molecule has 0 aliphatic carbocycles. The van der Waals surface area contributed by atoms with Crippen LogP contribution in [0, 0.1) is 11.6 Å². The van der Waals surface area contributed by atoms with Crippen molar-refractivity contribution in [3.8, 4) is 11.5 Å². The topological polar surface area (TPSA) is 65.1 Å². The second-order valence-corrected chi connectivity index (χ2v) is 7.80. The van der Waals surface area contributed by atoms with E-state index < -0.39 is 23.5 Å². The number of hydrogen-bond acceptors (Lipinski definition) is 5. The molecule has 31 heavy (non-hydrogen) atoms. The molecular formula is C22H22BrF2NO5. The second-order valence-electron chi connectivity index (χ2n) is 6.95. The molecule has 0 spiro atoms. The van der Waals surface area contributed by atoms with Gasteiger partial charge >= 0.3 is 0 Å². The van der Waals surface area contributed by atoms with Crippen LogP contribution in [0.25, 0.3) is 0 Å². The van der Waals surface area contributed by atoms with Crippen LogP contribution in [0.3, 0.4) is 0 Å². The summed E-state index contributed by atoms with van der Waals surface area (Å²) in [6, 6.07) is 7.02. The zero-order valence-electron chi connectivity index (χ0n) is 17.1. The molecule has 9 heteroatoms. The van der Waals surface area contributed by atoms with Gasteiger partial charge in [0.15, 0.2) is 23.2 Å². The van der Waals surface area contributed by atoms with E-state index in [0.29, 0.717) is 22.3 Å². The summed E-state index contributed by atoms with van der Waals surface area (Å²) < 4.78 is 45.2. The Morgan fingerprint density at radius 2 is 1.94 bits per heavy atom. The lowest BCUT2D eigenvalue weighted by Gasteiger charge is -2.33. The van der Waals surface area contributed by atoms with E-state index in [0.717, 1.165) is 12.1 Å². The van der Waals surface area contributed by atoms with Gasteiger partial charge in [0.05, 0.1) is 25.8 Å². The third-order valence-corrected chi connectivity index (χ3v) is 5.58. The fraction of sp³-hybridized carbons (Fsp3) is 0.364. The maximum atomic E-state index is 14.3. The van der Waals surface area contributed by atoms with E-state index in [4.69, 9.17) is 14.2 Å². The fourth-order valence-corrected chi connectivity index (χ4v) is 3.63. The van der Waals surface area contributed by atoms with Gasteiger partial charge in [-0.05, 0) is 46.3 Å². The van der Waals surface area contributed by atoms with Crippen molar-refractivity contribution in [2.75, 3.05) is 33.4 Å². The van der Waals surface area contributed by atoms with Crippen LogP contribution in [0.5, 0.6) is 11.5 Å². The number of amides is 1. The number of benzene rings is 2. The maximum absolute atomic E-state index is 14.3. The summed E-state index contributed by atoms with van der Waals surface area (Å²) in [7, 11) is 1.52. The summed E-state index contributed by atoms with van der Waals surface area (Å²) in [5.41, 5.74) is 0.397. The number of carbonyl (C=O) groups is 2. The highest BCUT2D eigenvalue weighted by molar-refractivity contribution is 9.10.